The number of ether oxygens (including phenoxy) is 1. The molecule has 114 valence electrons. The molecule has 0 bridgehead atoms. The van der Waals surface area contributed by atoms with Crippen molar-refractivity contribution in [1.82, 2.24) is 9.78 Å². The van der Waals surface area contributed by atoms with Crippen LogP contribution in [0.3, 0.4) is 0 Å². The fraction of sp³-hybridized carbons (Fsp3) is 0.438. The average Bonchev–Trinajstić information content (AvgIpc) is 2.89. The van der Waals surface area contributed by atoms with E-state index in [1.54, 1.807) is 6.20 Å². The highest BCUT2D eigenvalue weighted by atomic mass is 35.5. The summed E-state index contributed by atoms with van der Waals surface area (Å²) in [6, 6.07) is 5.86. The lowest BCUT2D eigenvalue weighted by Crippen LogP contribution is -2.21. The molecule has 0 aliphatic carbocycles. The van der Waals surface area contributed by atoms with Crippen LogP contribution in [-0.4, -0.2) is 15.8 Å². The van der Waals surface area contributed by atoms with Gasteiger partial charge in [0.05, 0.1) is 12.4 Å². The Bertz CT molecular complexity index is 583. The van der Waals surface area contributed by atoms with Crippen LogP contribution in [0.25, 0.3) is 0 Å². The lowest BCUT2D eigenvalue weighted by molar-refractivity contribution is 0.480. The minimum atomic E-state index is 0.140. The maximum Gasteiger partial charge on any atom is 0.165 e. The van der Waals surface area contributed by atoms with E-state index in [-0.39, 0.29) is 6.04 Å². The molecule has 1 aromatic heterocycles. The number of hydrogen-bond donors (Lipinski definition) is 1. The van der Waals surface area contributed by atoms with Crippen LogP contribution in [-0.2, 0) is 13.0 Å². The second-order valence-electron chi connectivity index (χ2n) is 5.17. The number of nitrogens with zero attached hydrogens (tertiary/aromatic N) is 2. The zero-order chi connectivity index (χ0) is 15.2. The van der Waals surface area contributed by atoms with E-state index in [1.165, 1.54) is 0 Å². The van der Waals surface area contributed by atoms with Crippen LogP contribution in [0.15, 0.2) is 30.6 Å². The Hall–Kier alpha value is -1.52. The van der Waals surface area contributed by atoms with Gasteiger partial charge in [0.1, 0.15) is 5.75 Å². The van der Waals surface area contributed by atoms with Crippen molar-refractivity contribution in [3.05, 3.63) is 41.2 Å². The lowest BCUT2D eigenvalue weighted by Gasteiger charge is -2.11. The summed E-state index contributed by atoms with van der Waals surface area (Å²) in [6.45, 7) is 5.07. The minimum Gasteiger partial charge on any atom is -0.454 e. The molecule has 1 heterocycles. The van der Waals surface area contributed by atoms with Crippen molar-refractivity contribution in [2.24, 2.45) is 5.73 Å². The molecule has 2 rings (SSSR count). The number of rotatable bonds is 7. The van der Waals surface area contributed by atoms with Gasteiger partial charge in [0.15, 0.2) is 5.75 Å². The molecule has 2 N–H and O–H groups in total. The Labute approximate surface area is 130 Å². The third-order valence-corrected chi connectivity index (χ3v) is 3.68. The molecule has 1 unspecified atom stereocenters. The van der Waals surface area contributed by atoms with Crippen LogP contribution in [0.1, 0.15) is 32.3 Å². The van der Waals surface area contributed by atoms with Crippen molar-refractivity contribution in [2.75, 3.05) is 0 Å². The van der Waals surface area contributed by atoms with Gasteiger partial charge in [-0.1, -0.05) is 31.5 Å². The molecule has 21 heavy (non-hydrogen) atoms. The van der Waals surface area contributed by atoms with E-state index in [0.29, 0.717) is 10.8 Å². The number of benzene rings is 1. The molecule has 5 heteroatoms. The van der Waals surface area contributed by atoms with Crippen molar-refractivity contribution < 1.29 is 4.74 Å². The summed E-state index contributed by atoms with van der Waals surface area (Å²) in [5.41, 5.74) is 7.02. The highest BCUT2D eigenvalue weighted by molar-refractivity contribution is 6.31. The molecule has 0 spiro atoms. The van der Waals surface area contributed by atoms with Crippen molar-refractivity contribution in [1.29, 1.82) is 0 Å². The van der Waals surface area contributed by atoms with Gasteiger partial charge in [0.2, 0.25) is 0 Å². The van der Waals surface area contributed by atoms with Gasteiger partial charge in [0.25, 0.3) is 0 Å². The fourth-order valence-electron chi connectivity index (χ4n) is 2.07. The molecule has 2 aromatic rings. The molecule has 0 aliphatic heterocycles. The molecule has 1 atom stereocenters. The normalized spacial score (nSPS) is 12.4. The van der Waals surface area contributed by atoms with Gasteiger partial charge in [0, 0.05) is 17.6 Å². The fourth-order valence-corrected chi connectivity index (χ4v) is 2.32. The first-order valence-electron chi connectivity index (χ1n) is 7.36. The number of aromatic nitrogens is 2. The smallest absolute Gasteiger partial charge is 0.165 e. The highest BCUT2D eigenvalue weighted by Gasteiger charge is 2.08. The molecule has 1 aromatic carbocycles. The van der Waals surface area contributed by atoms with E-state index in [2.05, 4.69) is 18.9 Å². The molecule has 4 nitrogen and oxygen atoms in total. The molecule has 0 saturated carbocycles. The van der Waals surface area contributed by atoms with Crippen LogP contribution < -0.4 is 10.5 Å². The molecule has 0 saturated heterocycles. The summed E-state index contributed by atoms with van der Waals surface area (Å²) < 4.78 is 7.64. The highest BCUT2D eigenvalue weighted by Crippen LogP contribution is 2.27. The zero-order valence-corrected chi connectivity index (χ0v) is 13.3. The lowest BCUT2D eigenvalue weighted by atomic mass is 10.0. The average molecular weight is 308 g/mol. The van der Waals surface area contributed by atoms with Crippen LogP contribution in [0.2, 0.25) is 5.02 Å². The molecular weight excluding hydrogens is 286 g/mol. The molecule has 0 amide bonds. The Morgan fingerprint density at radius 1 is 1.33 bits per heavy atom. The van der Waals surface area contributed by atoms with Crippen molar-refractivity contribution in [3.8, 4) is 11.5 Å². The van der Waals surface area contributed by atoms with Crippen LogP contribution in [0, 0.1) is 0 Å². The Balaban J connectivity index is 2.05. The monoisotopic (exact) mass is 307 g/mol. The van der Waals surface area contributed by atoms with E-state index < -0.39 is 0 Å². The Kier molecular flexibility index (Phi) is 5.65. The maximum absolute atomic E-state index is 6.30. The maximum atomic E-state index is 6.30. The topological polar surface area (TPSA) is 53.1 Å². The first-order chi connectivity index (χ1) is 10.1. The Morgan fingerprint density at radius 3 is 2.81 bits per heavy atom. The van der Waals surface area contributed by atoms with E-state index in [9.17, 15) is 0 Å². The molecule has 0 fully saturated rings. The van der Waals surface area contributed by atoms with Crippen molar-refractivity contribution >= 4 is 11.6 Å². The van der Waals surface area contributed by atoms with Crippen LogP contribution in [0.5, 0.6) is 11.5 Å². The summed E-state index contributed by atoms with van der Waals surface area (Å²) in [4.78, 5) is 0. The SMILES string of the molecule is CCCn1cc(Oc2ccc(CC(N)CC)c(Cl)c2)cn1. The van der Waals surface area contributed by atoms with E-state index in [1.807, 2.05) is 29.1 Å². The second kappa shape index (κ2) is 7.48. The second-order valence-corrected chi connectivity index (χ2v) is 5.57. The van der Waals surface area contributed by atoms with Gasteiger partial charge < -0.3 is 10.5 Å². The summed E-state index contributed by atoms with van der Waals surface area (Å²) in [5.74, 6) is 1.43. The third kappa shape index (κ3) is 4.48. The van der Waals surface area contributed by atoms with E-state index in [0.717, 1.165) is 37.1 Å². The van der Waals surface area contributed by atoms with E-state index in [4.69, 9.17) is 22.1 Å². The minimum absolute atomic E-state index is 0.140. The number of halogens is 1. The largest absolute Gasteiger partial charge is 0.454 e. The quantitative estimate of drug-likeness (QED) is 0.840. The summed E-state index contributed by atoms with van der Waals surface area (Å²) in [7, 11) is 0. The van der Waals surface area contributed by atoms with Gasteiger partial charge in [-0.3, -0.25) is 4.68 Å². The molecule has 0 radical (unpaired) electrons. The van der Waals surface area contributed by atoms with Gasteiger partial charge in [-0.2, -0.15) is 5.10 Å². The summed E-state index contributed by atoms with van der Waals surface area (Å²) in [5, 5.41) is 4.93. The number of nitrogens with two attached hydrogens (primary N) is 1. The first-order valence-corrected chi connectivity index (χ1v) is 7.74. The molecular formula is C16H22ClN3O. The predicted octanol–water partition coefficient (Wildman–Crippen LogP) is 4.02. The van der Waals surface area contributed by atoms with Crippen LogP contribution >= 0.6 is 11.6 Å². The number of aryl methyl sites for hydroxylation is 1. The van der Waals surface area contributed by atoms with Gasteiger partial charge >= 0.3 is 0 Å². The standard InChI is InChI=1S/C16H22ClN3O/c1-3-7-20-11-15(10-19-20)21-14-6-5-12(16(17)9-14)8-13(18)4-2/h5-6,9-11,13H,3-4,7-8,18H2,1-2H3. The van der Waals surface area contributed by atoms with Gasteiger partial charge in [-0.15, -0.1) is 0 Å². The zero-order valence-electron chi connectivity index (χ0n) is 12.6. The van der Waals surface area contributed by atoms with Crippen LogP contribution in [0.4, 0.5) is 0 Å². The summed E-state index contributed by atoms with van der Waals surface area (Å²) in [6.07, 6.45) is 6.36. The first kappa shape index (κ1) is 15.9. The van der Waals surface area contributed by atoms with Gasteiger partial charge in [-0.25, -0.2) is 0 Å². The van der Waals surface area contributed by atoms with Crippen molar-refractivity contribution in [3.63, 3.8) is 0 Å². The Morgan fingerprint density at radius 2 is 2.14 bits per heavy atom. The molecule has 0 aliphatic rings. The van der Waals surface area contributed by atoms with Crippen molar-refractivity contribution in [2.45, 2.75) is 45.7 Å². The summed E-state index contributed by atoms with van der Waals surface area (Å²) >= 11 is 6.30. The third-order valence-electron chi connectivity index (χ3n) is 3.33. The predicted molar refractivity (Wildman–Crippen MR) is 86.0 cm³/mol. The number of hydrogen-bond acceptors (Lipinski definition) is 3. The van der Waals surface area contributed by atoms with Gasteiger partial charge in [-0.05, 0) is 37.0 Å². The van der Waals surface area contributed by atoms with E-state index >= 15 is 0 Å².